The molecule has 18 heavy (non-hydrogen) atoms. The maximum absolute atomic E-state index is 3.69. The van der Waals surface area contributed by atoms with Crippen molar-refractivity contribution in [1.82, 2.24) is 0 Å². The second-order valence-corrected chi connectivity index (χ2v) is 7.74. The van der Waals surface area contributed by atoms with Gasteiger partial charge in [-0.25, -0.2) is 0 Å². The van der Waals surface area contributed by atoms with Crippen molar-refractivity contribution in [2.24, 2.45) is 11.3 Å². The van der Waals surface area contributed by atoms with Crippen LogP contribution in [0.2, 0.25) is 0 Å². The minimum absolute atomic E-state index is 0.215. The largest absolute Gasteiger partial charge is 0.384 e. The van der Waals surface area contributed by atoms with E-state index >= 15 is 0 Å². The Morgan fingerprint density at radius 3 is 2.28 bits per heavy atom. The maximum atomic E-state index is 3.69. The summed E-state index contributed by atoms with van der Waals surface area (Å²) >= 11 is 0. The van der Waals surface area contributed by atoms with Gasteiger partial charge >= 0.3 is 0 Å². The van der Waals surface area contributed by atoms with Gasteiger partial charge in [-0.2, -0.15) is 0 Å². The molecule has 0 radical (unpaired) electrons. The van der Waals surface area contributed by atoms with Gasteiger partial charge < -0.3 is 5.32 Å². The quantitative estimate of drug-likeness (QED) is 0.703. The van der Waals surface area contributed by atoms with E-state index in [-0.39, 0.29) is 5.41 Å². The van der Waals surface area contributed by atoms with E-state index in [1.807, 2.05) is 0 Å². The van der Waals surface area contributed by atoms with Crippen LogP contribution < -0.4 is 5.32 Å². The van der Waals surface area contributed by atoms with Crippen molar-refractivity contribution < 1.29 is 0 Å². The van der Waals surface area contributed by atoms with Gasteiger partial charge in [-0.3, -0.25) is 0 Å². The highest BCUT2D eigenvalue weighted by Crippen LogP contribution is 2.39. The van der Waals surface area contributed by atoms with Gasteiger partial charge in [0.2, 0.25) is 0 Å². The van der Waals surface area contributed by atoms with Crippen LogP contribution in [-0.4, -0.2) is 6.54 Å². The molecule has 1 nitrogen and oxygen atoms in total. The van der Waals surface area contributed by atoms with Gasteiger partial charge in [0.05, 0.1) is 0 Å². The topological polar surface area (TPSA) is 12.0 Å². The van der Waals surface area contributed by atoms with Gasteiger partial charge in [-0.1, -0.05) is 59.7 Å². The van der Waals surface area contributed by atoms with E-state index in [0.29, 0.717) is 5.41 Å². The molecule has 1 unspecified atom stereocenters. The molecule has 0 spiro atoms. The third-order valence-electron chi connectivity index (χ3n) is 4.18. The summed E-state index contributed by atoms with van der Waals surface area (Å²) in [5.41, 5.74) is 4.93. The molecular weight excluding hydrogens is 218 g/mol. The zero-order valence-corrected chi connectivity index (χ0v) is 12.7. The number of hydrogen-bond donors (Lipinski definition) is 1. The molecule has 100 valence electrons. The number of para-hydroxylation sites is 1. The van der Waals surface area contributed by atoms with Crippen LogP contribution in [0.15, 0.2) is 18.2 Å². The average Bonchev–Trinajstić information content (AvgIpc) is 2.25. The third-order valence-corrected chi connectivity index (χ3v) is 4.18. The van der Waals surface area contributed by atoms with Crippen molar-refractivity contribution in [1.29, 1.82) is 0 Å². The molecule has 0 saturated heterocycles. The van der Waals surface area contributed by atoms with Crippen LogP contribution in [0.4, 0.5) is 5.69 Å². The minimum atomic E-state index is 0.215. The monoisotopic (exact) mass is 245 g/mol. The number of fused-ring (bicyclic) bond motifs is 1. The highest BCUT2D eigenvalue weighted by molar-refractivity contribution is 5.61. The van der Waals surface area contributed by atoms with Crippen molar-refractivity contribution in [3.05, 3.63) is 29.3 Å². The number of anilines is 1. The Balaban J connectivity index is 2.36. The Bertz CT molecular complexity index is 432. The van der Waals surface area contributed by atoms with E-state index in [9.17, 15) is 0 Å². The van der Waals surface area contributed by atoms with Crippen molar-refractivity contribution in [3.63, 3.8) is 0 Å². The first kappa shape index (κ1) is 13.5. The van der Waals surface area contributed by atoms with E-state index < -0.39 is 0 Å². The second-order valence-electron chi connectivity index (χ2n) is 7.74. The molecule has 1 heteroatoms. The molecule has 0 bridgehead atoms. The fourth-order valence-electron chi connectivity index (χ4n) is 2.78. The molecule has 1 aromatic carbocycles. The summed E-state index contributed by atoms with van der Waals surface area (Å²) in [6, 6.07) is 6.77. The Hall–Kier alpha value is -0.980. The Labute approximate surface area is 112 Å². The smallest absolute Gasteiger partial charge is 0.0410 e. The van der Waals surface area contributed by atoms with Crippen LogP contribution in [0.3, 0.4) is 0 Å². The maximum Gasteiger partial charge on any atom is 0.0410 e. The van der Waals surface area contributed by atoms with Gasteiger partial charge in [0.25, 0.3) is 0 Å². The lowest BCUT2D eigenvalue weighted by Gasteiger charge is -2.37. The molecule has 2 rings (SSSR count). The Morgan fingerprint density at radius 2 is 1.72 bits per heavy atom. The third kappa shape index (κ3) is 2.55. The van der Waals surface area contributed by atoms with Crippen LogP contribution >= 0.6 is 0 Å². The molecular formula is C17H27N. The fraction of sp³-hybridized carbons (Fsp3) is 0.647. The highest BCUT2D eigenvalue weighted by Gasteiger charge is 2.30. The van der Waals surface area contributed by atoms with Crippen LogP contribution in [0.1, 0.15) is 52.7 Å². The normalized spacial score (nSPS) is 20.2. The van der Waals surface area contributed by atoms with Crippen molar-refractivity contribution in [3.8, 4) is 0 Å². The van der Waals surface area contributed by atoms with Crippen molar-refractivity contribution >= 4 is 5.69 Å². The number of benzene rings is 1. The SMILES string of the molecule is CC(C)(C)c1cccc2c1NCC(C(C)(C)C)C2. The number of hydrogen-bond acceptors (Lipinski definition) is 1. The summed E-state index contributed by atoms with van der Waals surface area (Å²) in [5, 5.41) is 3.69. The van der Waals surface area contributed by atoms with E-state index in [4.69, 9.17) is 0 Å². The molecule has 0 fully saturated rings. The van der Waals surface area contributed by atoms with E-state index in [1.54, 1.807) is 0 Å². The van der Waals surface area contributed by atoms with E-state index in [1.165, 1.54) is 23.2 Å². The van der Waals surface area contributed by atoms with Gasteiger partial charge in [0.15, 0.2) is 0 Å². The Kier molecular flexibility index (Phi) is 3.21. The van der Waals surface area contributed by atoms with E-state index in [2.05, 4.69) is 65.1 Å². The van der Waals surface area contributed by atoms with Crippen LogP contribution in [0.5, 0.6) is 0 Å². The average molecular weight is 245 g/mol. The highest BCUT2D eigenvalue weighted by atomic mass is 14.9. The van der Waals surface area contributed by atoms with E-state index in [0.717, 1.165) is 12.5 Å². The summed E-state index contributed by atoms with van der Waals surface area (Å²) in [6.07, 6.45) is 1.20. The first-order valence-corrected chi connectivity index (χ1v) is 7.06. The molecule has 1 N–H and O–H groups in total. The molecule has 0 aromatic heterocycles. The predicted octanol–water partition coefficient (Wildman–Crippen LogP) is 4.61. The zero-order chi connectivity index (χ0) is 13.6. The molecule has 1 aliphatic heterocycles. The molecule has 1 atom stereocenters. The molecule has 0 amide bonds. The van der Waals surface area contributed by atoms with Crippen LogP contribution in [-0.2, 0) is 11.8 Å². The minimum Gasteiger partial charge on any atom is -0.384 e. The lowest BCUT2D eigenvalue weighted by Crippen LogP contribution is -2.34. The standard InChI is InChI=1S/C17H27N/c1-16(2,3)13-10-12-8-7-9-14(17(4,5)6)15(12)18-11-13/h7-9,13,18H,10-11H2,1-6H3. The fourth-order valence-corrected chi connectivity index (χ4v) is 2.78. The molecule has 0 saturated carbocycles. The first-order valence-electron chi connectivity index (χ1n) is 7.06. The summed E-state index contributed by atoms with van der Waals surface area (Å²) in [6.45, 7) is 15.0. The summed E-state index contributed by atoms with van der Waals surface area (Å²) in [4.78, 5) is 0. The van der Waals surface area contributed by atoms with Gasteiger partial charge in [-0.05, 0) is 34.3 Å². The van der Waals surface area contributed by atoms with Gasteiger partial charge in [0, 0.05) is 12.2 Å². The Morgan fingerprint density at radius 1 is 1.06 bits per heavy atom. The van der Waals surface area contributed by atoms with Crippen molar-refractivity contribution in [2.45, 2.75) is 53.4 Å². The zero-order valence-electron chi connectivity index (χ0n) is 12.7. The summed E-state index contributed by atoms with van der Waals surface area (Å²) < 4.78 is 0. The number of nitrogens with one attached hydrogen (secondary N) is 1. The molecule has 1 aromatic rings. The summed E-state index contributed by atoms with van der Waals surface area (Å²) in [5.74, 6) is 0.722. The predicted molar refractivity (Wildman–Crippen MR) is 80.3 cm³/mol. The summed E-state index contributed by atoms with van der Waals surface area (Å²) in [7, 11) is 0. The number of rotatable bonds is 0. The molecule has 1 heterocycles. The van der Waals surface area contributed by atoms with Crippen LogP contribution in [0.25, 0.3) is 0 Å². The first-order chi connectivity index (χ1) is 8.19. The second kappa shape index (κ2) is 4.29. The van der Waals surface area contributed by atoms with Crippen molar-refractivity contribution in [2.75, 3.05) is 11.9 Å². The lowest BCUT2D eigenvalue weighted by molar-refractivity contribution is 0.247. The molecule has 0 aliphatic carbocycles. The van der Waals surface area contributed by atoms with Crippen LogP contribution in [0, 0.1) is 11.3 Å². The van der Waals surface area contributed by atoms with Gasteiger partial charge in [-0.15, -0.1) is 0 Å². The lowest BCUT2D eigenvalue weighted by atomic mass is 9.74. The van der Waals surface area contributed by atoms with Gasteiger partial charge in [0.1, 0.15) is 0 Å². The molecule has 1 aliphatic rings.